The maximum atomic E-state index is 5.86. The van der Waals surface area contributed by atoms with Gasteiger partial charge in [-0.25, -0.2) is 0 Å². The van der Waals surface area contributed by atoms with Crippen LogP contribution in [-0.4, -0.2) is 77.7 Å². The maximum Gasteiger partial charge on any atom is 0.193 e. The van der Waals surface area contributed by atoms with Crippen LogP contribution in [0.4, 0.5) is 0 Å². The largest absolute Gasteiger partial charge is 0.385 e. The van der Waals surface area contributed by atoms with E-state index < -0.39 is 0 Å². The van der Waals surface area contributed by atoms with Crippen molar-refractivity contribution in [2.45, 2.75) is 25.4 Å². The van der Waals surface area contributed by atoms with Crippen molar-refractivity contribution in [2.24, 2.45) is 4.99 Å². The number of hydrogen-bond donors (Lipinski definition) is 1. The molecule has 1 fully saturated rings. The van der Waals surface area contributed by atoms with Crippen molar-refractivity contribution in [3.8, 4) is 0 Å². The van der Waals surface area contributed by atoms with Gasteiger partial charge >= 0.3 is 0 Å². The van der Waals surface area contributed by atoms with Crippen molar-refractivity contribution < 1.29 is 14.2 Å². The molecule has 6 nitrogen and oxygen atoms in total. The Morgan fingerprint density at radius 2 is 1.85 bits per heavy atom. The van der Waals surface area contributed by atoms with Crippen LogP contribution in [0, 0.1) is 0 Å². The van der Waals surface area contributed by atoms with Crippen molar-refractivity contribution in [3.63, 3.8) is 0 Å². The highest BCUT2D eigenvalue weighted by Crippen LogP contribution is 2.14. The smallest absolute Gasteiger partial charge is 0.193 e. The van der Waals surface area contributed by atoms with Gasteiger partial charge in [0, 0.05) is 54.1 Å². The summed E-state index contributed by atoms with van der Waals surface area (Å²) in [6, 6.07) is 0. The Morgan fingerprint density at radius 3 is 2.45 bits per heavy atom. The number of nitrogens with one attached hydrogen (secondary N) is 1. The molecule has 20 heavy (non-hydrogen) atoms. The average molecular weight is 287 g/mol. The normalized spacial score (nSPS) is 17.6. The van der Waals surface area contributed by atoms with Gasteiger partial charge in [0.15, 0.2) is 5.96 Å². The van der Waals surface area contributed by atoms with Gasteiger partial charge in [0.05, 0.1) is 12.7 Å². The van der Waals surface area contributed by atoms with Gasteiger partial charge in [-0.15, -0.1) is 0 Å². The molecule has 0 aromatic carbocycles. The molecule has 118 valence electrons. The van der Waals surface area contributed by atoms with Crippen LogP contribution in [0.5, 0.6) is 0 Å². The fourth-order valence-electron chi connectivity index (χ4n) is 2.28. The zero-order chi connectivity index (χ0) is 14.6. The fourth-order valence-corrected chi connectivity index (χ4v) is 2.28. The van der Waals surface area contributed by atoms with Gasteiger partial charge in [0.2, 0.25) is 0 Å². The molecule has 0 bridgehead atoms. The number of aliphatic imine (C=N–C) groups is 1. The summed E-state index contributed by atoms with van der Waals surface area (Å²) in [5, 5.41) is 3.31. The number of hydrogen-bond acceptors (Lipinski definition) is 4. The lowest BCUT2D eigenvalue weighted by molar-refractivity contribution is 0.00987. The van der Waals surface area contributed by atoms with Gasteiger partial charge in [-0.05, 0) is 19.3 Å². The number of piperidine rings is 1. The second kappa shape index (κ2) is 10.9. The van der Waals surface area contributed by atoms with Gasteiger partial charge in [0.1, 0.15) is 0 Å². The van der Waals surface area contributed by atoms with E-state index in [0.717, 1.165) is 58.1 Å². The summed E-state index contributed by atoms with van der Waals surface area (Å²) in [5.74, 6) is 0.958. The van der Waals surface area contributed by atoms with Crippen molar-refractivity contribution >= 4 is 5.96 Å². The van der Waals surface area contributed by atoms with Gasteiger partial charge in [0.25, 0.3) is 0 Å². The summed E-state index contributed by atoms with van der Waals surface area (Å²) < 4.78 is 15.9. The third-order valence-electron chi connectivity index (χ3n) is 3.39. The molecule has 0 unspecified atom stereocenters. The molecule has 0 aliphatic carbocycles. The Balaban J connectivity index is 2.19. The Hall–Kier alpha value is -0.850. The molecule has 0 spiro atoms. The van der Waals surface area contributed by atoms with Crippen LogP contribution in [0.2, 0.25) is 0 Å². The minimum Gasteiger partial charge on any atom is -0.385 e. The fraction of sp³-hybridized carbons (Fsp3) is 0.929. The Morgan fingerprint density at radius 1 is 1.15 bits per heavy atom. The van der Waals surface area contributed by atoms with Crippen LogP contribution in [0.3, 0.4) is 0 Å². The molecule has 1 rings (SSSR count). The highest BCUT2D eigenvalue weighted by Gasteiger charge is 2.21. The first-order chi connectivity index (χ1) is 9.81. The van der Waals surface area contributed by atoms with Gasteiger partial charge in [-0.1, -0.05) is 0 Å². The van der Waals surface area contributed by atoms with Crippen molar-refractivity contribution in [2.75, 3.05) is 60.7 Å². The van der Waals surface area contributed by atoms with E-state index in [9.17, 15) is 0 Å². The SMILES string of the molecule is CN=C(NCCOC)N1CCC(OCCCOC)CC1. The first kappa shape index (κ1) is 17.2. The average Bonchev–Trinajstić information content (AvgIpc) is 2.49. The number of likely N-dealkylation sites (tertiary alicyclic amines) is 1. The van der Waals surface area contributed by atoms with Crippen LogP contribution in [-0.2, 0) is 14.2 Å². The predicted molar refractivity (Wildman–Crippen MR) is 80.3 cm³/mol. The van der Waals surface area contributed by atoms with Crippen molar-refractivity contribution in [1.82, 2.24) is 10.2 Å². The molecule has 1 aliphatic rings. The first-order valence-electron chi connectivity index (χ1n) is 7.37. The number of nitrogens with zero attached hydrogens (tertiary/aromatic N) is 2. The third kappa shape index (κ3) is 6.54. The molecule has 0 saturated carbocycles. The molecule has 0 aromatic heterocycles. The molecule has 0 amide bonds. The maximum absolute atomic E-state index is 5.86. The number of rotatable bonds is 8. The zero-order valence-corrected chi connectivity index (χ0v) is 13.1. The molecule has 1 heterocycles. The predicted octanol–water partition coefficient (Wildman–Crippen LogP) is 0.726. The van der Waals surface area contributed by atoms with E-state index in [1.54, 1.807) is 14.2 Å². The highest BCUT2D eigenvalue weighted by atomic mass is 16.5. The Kier molecular flexibility index (Phi) is 9.36. The minimum atomic E-state index is 0.375. The lowest BCUT2D eigenvalue weighted by atomic mass is 10.1. The van der Waals surface area contributed by atoms with Crippen LogP contribution in [0.15, 0.2) is 4.99 Å². The third-order valence-corrected chi connectivity index (χ3v) is 3.39. The monoisotopic (exact) mass is 287 g/mol. The van der Waals surface area contributed by atoms with Gasteiger partial charge in [-0.3, -0.25) is 4.99 Å². The lowest BCUT2D eigenvalue weighted by Gasteiger charge is -2.34. The van der Waals surface area contributed by atoms with E-state index in [0.29, 0.717) is 12.7 Å². The minimum absolute atomic E-state index is 0.375. The Bertz CT molecular complexity index is 266. The van der Waals surface area contributed by atoms with Crippen LogP contribution < -0.4 is 5.32 Å². The van der Waals surface area contributed by atoms with E-state index >= 15 is 0 Å². The van der Waals surface area contributed by atoms with E-state index in [1.807, 2.05) is 7.05 Å². The quantitative estimate of drug-likeness (QED) is 0.405. The topological polar surface area (TPSA) is 55.3 Å². The summed E-state index contributed by atoms with van der Waals surface area (Å²) in [7, 11) is 5.25. The molecule has 1 aliphatic heterocycles. The standard InChI is InChI=1S/C14H29N3O3/c1-15-14(16-7-12-19-3)17-8-5-13(6-9-17)20-11-4-10-18-2/h13H,4-12H2,1-3H3,(H,15,16). The summed E-state index contributed by atoms with van der Waals surface area (Å²) >= 11 is 0. The number of methoxy groups -OCH3 is 2. The second-order valence-corrected chi connectivity index (χ2v) is 4.87. The van der Waals surface area contributed by atoms with Crippen LogP contribution >= 0.6 is 0 Å². The molecule has 0 aromatic rings. The zero-order valence-electron chi connectivity index (χ0n) is 13.1. The number of guanidine groups is 1. The lowest BCUT2D eigenvalue weighted by Crippen LogP contribution is -2.47. The molecule has 0 atom stereocenters. The molecule has 1 N–H and O–H groups in total. The van der Waals surface area contributed by atoms with Gasteiger partial charge in [-0.2, -0.15) is 0 Å². The molecular weight excluding hydrogens is 258 g/mol. The van der Waals surface area contributed by atoms with E-state index in [2.05, 4.69) is 15.2 Å². The number of ether oxygens (including phenoxy) is 3. The van der Waals surface area contributed by atoms with E-state index in [-0.39, 0.29) is 0 Å². The first-order valence-corrected chi connectivity index (χ1v) is 7.37. The Labute approximate surface area is 122 Å². The van der Waals surface area contributed by atoms with Gasteiger partial charge < -0.3 is 24.4 Å². The van der Waals surface area contributed by atoms with Crippen LogP contribution in [0.1, 0.15) is 19.3 Å². The molecular formula is C14H29N3O3. The summed E-state index contributed by atoms with van der Waals surface area (Å²) in [6.07, 6.45) is 3.45. The van der Waals surface area contributed by atoms with Crippen molar-refractivity contribution in [1.29, 1.82) is 0 Å². The molecule has 0 radical (unpaired) electrons. The van der Waals surface area contributed by atoms with Crippen molar-refractivity contribution in [3.05, 3.63) is 0 Å². The molecule has 6 heteroatoms. The summed E-state index contributed by atoms with van der Waals surface area (Å²) in [5.41, 5.74) is 0. The van der Waals surface area contributed by atoms with E-state index in [1.165, 1.54) is 0 Å². The van der Waals surface area contributed by atoms with Crippen LogP contribution in [0.25, 0.3) is 0 Å². The highest BCUT2D eigenvalue weighted by molar-refractivity contribution is 5.79. The second-order valence-electron chi connectivity index (χ2n) is 4.87. The summed E-state index contributed by atoms with van der Waals surface area (Å²) in [6.45, 7) is 5.02. The molecule has 1 saturated heterocycles. The van der Waals surface area contributed by atoms with E-state index in [4.69, 9.17) is 14.2 Å². The summed E-state index contributed by atoms with van der Waals surface area (Å²) in [4.78, 5) is 6.60.